The number of aryl methyl sites for hydroxylation is 1. The number of sulfonamides is 1. The van der Waals surface area contributed by atoms with E-state index in [1.165, 1.54) is 22.0 Å². The van der Waals surface area contributed by atoms with Crippen molar-refractivity contribution in [1.82, 2.24) is 19.2 Å². The van der Waals surface area contributed by atoms with Crippen molar-refractivity contribution in [3.63, 3.8) is 0 Å². The van der Waals surface area contributed by atoms with Crippen molar-refractivity contribution in [3.05, 3.63) is 45.8 Å². The number of para-hydroxylation sites is 2. The summed E-state index contributed by atoms with van der Waals surface area (Å²) in [6.07, 6.45) is 2.48. The van der Waals surface area contributed by atoms with Gasteiger partial charge in [-0.05, 0) is 37.8 Å². The highest BCUT2D eigenvalue weighted by atomic mass is 32.2. The van der Waals surface area contributed by atoms with Crippen molar-refractivity contribution in [2.45, 2.75) is 44.2 Å². The monoisotopic (exact) mass is 532 g/mol. The third-order valence-corrected chi connectivity index (χ3v) is 9.76. The molecule has 5 rings (SSSR count). The molecule has 12 heteroatoms. The van der Waals surface area contributed by atoms with Gasteiger partial charge in [0.15, 0.2) is 11.5 Å². The van der Waals surface area contributed by atoms with E-state index in [-0.39, 0.29) is 36.1 Å². The van der Waals surface area contributed by atoms with E-state index in [4.69, 9.17) is 9.47 Å². The van der Waals surface area contributed by atoms with Crippen LogP contribution in [0.5, 0.6) is 11.5 Å². The normalized spacial score (nSPS) is 18.9. The fourth-order valence-electron chi connectivity index (χ4n) is 4.49. The first-order valence-corrected chi connectivity index (χ1v) is 14.1. The van der Waals surface area contributed by atoms with Crippen LogP contribution in [0, 0.1) is 12.8 Å². The molecule has 36 heavy (non-hydrogen) atoms. The van der Waals surface area contributed by atoms with Crippen molar-refractivity contribution in [2.75, 3.05) is 26.2 Å². The lowest BCUT2D eigenvalue weighted by Crippen LogP contribution is -2.42. The molecule has 192 valence electrons. The van der Waals surface area contributed by atoms with Crippen LogP contribution >= 0.6 is 11.3 Å². The zero-order chi connectivity index (χ0) is 25.4. The highest BCUT2D eigenvalue weighted by Gasteiger charge is 2.33. The van der Waals surface area contributed by atoms with E-state index in [1.54, 1.807) is 13.0 Å². The van der Waals surface area contributed by atoms with E-state index in [0.717, 1.165) is 17.4 Å². The molecule has 0 unspecified atom stereocenters. The molecule has 4 heterocycles. The van der Waals surface area contributed by atoms with Crippen molar-refractivity contribution in [2.24, 2.45) is 5.92 Å². The maximum atomic E-state index is 13.5. The molecule has 1 amide bonds. The van der Waals surface area contributed by atoms with Gasteiger partial charge in [0, 0.05) is 18.0 Å². The third-order valence-electron chi connectivity index (χ3n) is 6.55. The fraction of sp³-hybridized carbons (Fsp3) is 0.458. The summed E-state index contributed by atoms with van der Waals surface area (Å²) in [6, 6.07) is 7.30. The number of amides is 1. The Balaban J connectivity index is 1.32. The lowest BCUT2D eigenvalue weighted by atomic mass is 10.0. The molecule has 10 nitrogen and oxygen atoms in total. The summed E-state index contributed by atoms with van der Waals surface area (Å²) in [5, 5.41) is 2.81. The molecule has 3 aromatic rings. The van der Waals surface area contributed by atoms with Crippen LogP contribution in [0.1, 0.15) is 24.6 Å². The fourth-order valence-corrected chi connectivity index (χ4v) is 7.63. The van der Waals surface area contributed by atoms with E-state index >= 15 is 0 Å². The van der Waals surface area contributed by atoms with Gasteiger partial charge in [-0.3, -0.25) is 14.2 Å². The molecule has 0 radical (unpaired) electrons. The van der Waals surface area contributed by atoms with E-state index in [0.29, 0.717) is 40.2 Å². The average molecular weight is 533 g/mol. The summed E-state index contributed by atoms with van der Waals surface area (Å²) < 4.78 is 41.1. The smallest absolute Gasteiger partial charge is 0.263 e. The minimum absolute atomic E-state index is 0.00994. The van der Waals surface area contributed by atoms with E-state index in [9.17, 15) is 18.0 Å². The Kier molecular flexibility index (Phi) is 6.75. The number of rotatable bonds is 6. The van der Waals surface area contributed by atoms with Gasteiger partial charge in [0.2, 0.25) is 15.9 Å². The van der Waals surface area contributed by atoms with Gasteiger partial charge < -0.3 is 14.8 Å². The van der Waals surface area contributed by atoms with Gasteiger partial charge in [-0.1, -0.05) is 19.1 Å². The van der Waals surface area contributed by atoms with Crippen LogP contribution in [0.25, 0.3) is 10.2 Å². The molecule has 1 fully saturated rings. The summed E-state index contributed by atoms with van der Waals surface area (Å²) in [6.45, 7) is 4.84. The highest BCUT2D eigenvalue weighted by molar-refractivity contribution is 7.89. The highest BCUT2D eigenvalue weighted by Crippen LogP contribution is 2.34. The summed E-state index contributed by atoms with van der Waals surface area (Å²) in [5.41, 5.74) is -0.547. The predicted octanol–water partition coefficient (Wildman–Crippen LogP) is 2.14. The Labute approximate surface area is 212 Å². The molecule has 2 aliphatic rings. The Bertz CT molecular complexity index is 1460. The molecule has 1 aromatic carbocycles. The standard InChI is InChI=1S/C24H28N4O6S2/c1-15-7-9-28(10-8-15)36(31,32)22-16(2)35-23-21(22)24(30)27(14-26-23)12-20(29)25-11-17-13-33-18-5-3-4-6-19(18)34-17/h3-6,14-15,17H,7-13H2,1-2H3,(H,25,29)/t17-/m1/s1. The summed E-state index contributed by atoms with van der Waals surface area (Å²) >= 11 is 1.17. The first kappa shape index (κ1) is 24.7. The number of thiophene rings is 1. The molecule has 2 aliphatic heterocycles. The maximum Gasteiger partial charge on any atom is 0.263 e. The van der Waals surface area contributed by atoms with Crippen LogP contribution in [0.2, 0.25) is 0 Å². The van der Waals surface area contributed by atoms with Crippen LogP contribution in [0.3, 0.4) is 0 Å². The number of carbonyl (C=O) groups excluding carboxylic acids is 1. The Morgan fingerprint density at radius 3 is 2.69 bits per heavy atom. The second-order valence-electron chi connectivity index (χ2n) is 9.23. The molecule has 0 spiro atoms. The summed E-state index contributed by atoms with van der Waals surface area (Å²) in [5.74, 6) is 1.32. The maximum absolute atomic E-state index is 13.5. The van der Waals surface area contributed by atoms with Gasteiger partial charge in [0.25, 0.3) is 5.56 Å². The molecular formula is C24H28N4O6S2. The zero-order valence-corrected chi connectivity index (χ0v) is 21.7. The van der Waals surface area contributed by atoms with Crippen molar-refractivity contribution in [3.8, 4) is 11.5 Å². The van der Waals surface area contributed by atoms with Gasteiger partial charge in [0.1, 0.15) is 29.0 Å². The van der Waals surface area contributed by atoms with Crippen molar-refractivity contribution >= 4 is 37.5 Å². The van der Waals surface area contributed by atoms with Gasteiger partial charge in [-0.15, -0.1) is 11.3 Å². The van der Waals surface area contributed by atoms with E-state index in [2.05, 4.69) is 17.2 Å². The lowest BCUT2D eigenvalue weighted by Gasteiger charge is -2.29. The van der Waals surface area contributed by atoms with Gasteiger partial charge in [-0.25, -0.2) is 13.4 Å². The second-order valence-corrected chi connectivity index (χ2v) is 12.3. The number of nitrogens with zero attached hydrogens (tertiary/aromatic N) is 3. The van der Waals surface area contributed by atoms with Gasteiger partial charge in [-0.2, -0.15) is 4.31 Å². The first-order valence-electron chi connectivity index (χ1n) is 11.9. The van der Waals surface area contributed by atoms with Crippen LogP contribution in [0.15, 0.2) is 40.3 Å². The average Bonchev–Trinajstić information content (AvgIpc) is 3.22. The first-order chi connectivity index (χ1) is 17.2. The number of hydrogen-bond acceptors (Lipinski definition) is 8. The molecule has 2 aromatic heterocycles. The third kappa shape index (κ3) is 4.72. The molecule has 1 N–H and O–H groups in total. The predicted molar refractivity (Wildman–Crippen MR) is 135 cm³/mol. The second kappa shape index (κ2) is 9.83. The number of ether oxygens (including phenoxy) is 2. The van der Waals surface area contributed by atoms with Gasteiger partial charge >= 0.3 is 0 Å². The van der Waals surface area contributed by atoms with Gasteiger partial charge in [0.05, 0.1) is 18.3 Å². The number of fused-ring (bicyclic) bond motifs is 2. The van der Waals surface area contributed by atoms with Crippen LogP contribution < -0.4 is 20.3 Å². The number of piperidine rings is 1. The van der Waals surface area contributed by atoms with E-state index < -0.39 is 21.5 Å². The molecule has 0 bridgehead atoms. The lowest BCUT2D eigenvalue weighted by molar-refractivity contribution is -0.122. The Morgan fingerprint density at radius 1 is 1.22 bits per heavy atom. The number of nitrogens with one attached hydrogen (secondary N) is 1. The van der Waals surface area contributed by atoms with Crippen LogP contribution in [0.4, 0.5) is 0 Å². The minimum atomic E-state index is -3.86. The minimum Gasteiger partial charge on any atom is -0.486 e. The van der Waals surface area contributed by atoms with E-state index in [1.807, 2.05) is 18.2 Å². The quantitative estimate of drug-likeness (QED) is 0.517. The van der Waals surface area contributed by atoms with Crippen molar-refractivity contribution in [1.29, 1.82) is 0 Å². The number of aromatic nitrogens is 2. The SMILES string of the molecule is Cc1sc2ncn(CC(=O)NC[C@@H]3COc4ccccc4O3)c(=O)c2c1S(=O)(=O)N1CCC(C)CC1. The molecule has 1 saturated heterocycles. The number of carbonyl (C=O) groups is 1. The zero-order valence-electron chi connectivity index (χ0n) is 20.1. The summed E-state index contributed by atoms with van der Waals surface area (Å²) in [7, 11) is -3.86. The topological polar surface area (TPSA) is 120 Å². The molecule has 1 atom stereocenters. The number of hydrogen-bond donors (Lipinski definition) is 1. The molecule has 0 aliphatic carbocycles. The van der Waals surface area contributed by atoms with Crippen molar-refractivity contribution < 1.29 is 22.7 Å². The number of benzene rings is 1. The summed E-state index contributed by atoms with van der Waals surface area (Å²) in [4.78, 5) is 31.2. The largest absolute Gasteiger partial charge is 0.486 e. The Morgan fingerprint density at radius 2 is 1.94 bits per heavy atom. The van der Waals surface area contributed by atoms with Crippen LogP contribution in [-0.2, 0) is 21.4 Å². The van der Waals surface area contributed by atoms with Crippen LogP contribution in [-0.4, -0.2) is 60.5 Å². The Hall–Kier alpha value is -2.96. The molecular weight excluding hydrogens is 504 g/mol. The molecule has 0 saturated carbocycles.